The quantitative estimate of drug-likeness (QED) is 0.720. The van der Waals surface area contributed by atoms with Crippen molar-refractivity contribution in [2.75, 3.05) is 5.32 Å². The Labute approximate surface area is 156 Å². The zero-order valence-corrected chi connectivity index (χ0v) is 15.3. The van der Waals surface area contributed by atoms with E-state index >= 15 is 0 Å². The number of fused-ring (bicyclic) bond motifs is 1. The molecular weight excluding hydrogens is 350 g/mol. The van der Waals surface area contributed by atoms with Crippen molar-refractivity contribution in [1.82, 2.24) is 14.4 Å². The van der Waals surface area contributed by atoms with E-state index in [1.807, 2.05) is 28.8 Å². The summed E-state index contributed by atoms with van der Waals surface area (Å²) in [5.74, 6) is -2.28. The summed E-state index contributed by atoms with van der Waals surface area (Å²) in [7, 11) is 0. The molecule has 7 heteroatoms. The zero-order valence-electron chi connectivity index (χ0n) is 15.3. The van der Waals surface area contributed by atoms with E-state index in [1.165, 1.54) is 0 Å². The van der Waals surface area contributed by atoms with Gasteiger partial charge in [0, 0.05) is 12.6 Å². The lowest BCUT2D eigenvalue weighted by atomic mass is 10.0. The van der Waals surface area contributed by atoms with Crippen LogP contribution in [0.15, 0.2) is 42.7 Å². The Morgan fingerprint density at radius 3 is 2.78 bits per heavy atom. The molecule has 2 N–H and O–H groups in total. The van der Waals surface area contributed by atoms with Crippen molar-refractivity contribution in [3.63, 3.8) is 0 Å². The van der Waals surface area contributed by atoms with Crippen molar-refractivity contribution in [1.29, 1.82) is 0 Å². The van der Waals surface area contributed by atoms with Crippen LogP contribution >= 0.6 is 0 Å². The van der Waals surface area contributed by atoms with E-state index in [2.05, 4.69) is 15.3 Å². The second kappa shape index (κ2) is 6.27. The predicted octanol–water partition coefficient (Wildman–Crippen LogP) is 4.22. The van der Waals surface area contributed by atoms with Gasteiger partial charge in [-0.25, -0.2) is 18.7 Å². The Hall–Kier alpha value is -2.54. The molecule has 1 fully saturated rings. The highest BCUT2D eigenvalue weighted by molar-refractivity contribution is 5.62. The van der Waals surface area contributed by atoms with Crippen LogP contribution < -0.4 is 5.32 Å². The molecule has 1 aliphatic rings. The molecule has 1 aliphatic carbocycles. The van der Waals surface area contributed by atoms with Crippen LogP contribution in [0.2, 0.25) is 0 Å². The molecule has 3 aromatic heterocycles. The lowest BCUT2D eigenvalue weighted by molar-refractivity contribution is -0.000689. The van der Waals surface area contributed by atoms with Crippen molar-refractivity contribution in [2.45, 2.75) is 50.7 Å². The van der Waals surface area contributed by atoms with Gasteiger partial charge in [-0.2, -0.15) is 0 Å². The van der Waals surface area contributed by atoms with Gasteiger partial charge in [0.25, 0.3) is 5.92 Å². The standard InChI is InChI=1S/C20H22F2N4O/c1-19(2,27)13-8-9-18-23-11-15(26(18)12-13)14-5-3-7-17(24-14)25-16-6-4-10-20(16,21)22/h3,5,7-9,11-12,16,27H,4,6,10H2,1-2H3,(H,24,25). The van der Waals surface area contributed by atoms with Crippen LogP contribution in [0, 0.1) is 0 Å². The first kappa shape index (κ1) is 17.9. The normalized spacial score (nSPS) is 19.5. The van der Waals surface area contributed by atoms with Crippen LogP contribution in [-0.2, 0) is 5.60 Å². The average molecular weight is 372 g/mol. The summed E-state index contributed by atoms with van der Waals surface area (Å²) in [6.07, 6.45) is 4.38. The van der Waals surface area contributed by atoms with Crippen LogP contribution in [0.4, 0.5) is 14.6 Å². The van der Waals surface area contributed by atoms with Gasteiger partial charge in [-0.05, 0) is 50.5 Å². The molecule has 1 unspecified atom stereocenters. The molecule has 3 heterocycles. The second-order valence-electron chi connectivity index (χ2n) is 7.61. The van der Waals surface area contributed by atoms with Gasteiger partial charge in [0.1, 0.15) is 11.5 Å². The third kappa shape index (κ3) is 3.39. The number of rotatable bonds is 4. The third-order valence-corrected chi connectivity index (χ3v) is 5.06. The SMILES string of the molecule is CC(C)(O)c1ccc2ncc(-c3cccc(NC4CCCC4(F)F)n3)n2c1. The minimum atomic E-state index is -2.71. The number of nitrogens with one attached hydrogen (secondary N) is 1. The van der Waals surface area contributed by atoms with Gasteiger partial charge in [-0.15, -0.1) is 0 Å². The highest BCUT2D eigenvalue weighted by atomic mass is 19.3. The molecule has 0 radical (unpaired) electrons. The summed E-state index contributed by atoms with van der Waals surface area (Å²) >= 11 is 0. The first-order valence-corrected chi connectivity index (χ1v) is 9.06. The smallest absolute Gasteiger partial charge is 0.267 e. The maximum absolute atomic E-state index is 13.9. The Morgan fingerprint density at radius 1 is 1.26 bits per heavy atom. The molecule has 1 atom stereocenters. The molecule has 27 heavy (non-hydrogen) atoms. The van der Waals surface area contributed by atoms with E-state index in [-0.39, 0.29) is 6.42 Å². The molecule has 0 bridgehead atoms. The Kier molecular flexibility index (Phi) is 4.14. The molecule has 5 nitrogen and oxygen atoms in total. The van der Waals surface area contributed by atoms with E-state index in [4.69, 9.17) is 0 Å². The summed E-state index contributed by atoms with van der Waals surface area (Å²) in [6, 6.07) is 8.08. The number of halogens is 2. The lowest BCUT2D eigenvalue weighted by Crippen LogP contribution is -2.34. The van der Waals surface area contributed by atoms with E-state index < -0.39 is 17.6 Å². The predicted molar refractivity (Wildman–Crippen MR) is 99.9 cm³/mol. The Bertz CT molecular complexity index is 978. The van der Waals surface area contributed by atoms with Crippen molar-refractivity contribution in [3.05, 3.63) is 48.3 Å². The van der Waals surface area contributed by atoms with Crippen molar-refractivity contribution >= 4 is 11.5 Å². The highest BCUT2D eigenvalue weighted by Crippen LogP contribution is 2.37. The van der Waals surface area contributed by atoms with Crippen molar-refractivity contribution in [3.8, 4) is 11.4 Å². The summed E-state index contributed by atoms with van der Waals surface area (Å²) in [6.45, 7) is 3.44. The molecular formula is C20H22F2N4O. The Balaban J connectivity index is 1.70. The minimum absolute atomic E-state index is 0.0860. The topological polar surface area (TPSA) is 62.5 Å². The van der Waals surface area contributed by atoms with E-state index in [9.17, 15) is 13.9 Å². The first-order valence-electron chi connectivity index (χ1n) is 9.06. The fourth-order valence-electron chi connectivity index (χ4n) is 3.47. The summed E-state index contributed by atoms with van der Waals surface area (Å²) in [5.41, 5.74) is 1.84. The van der Waals surface area contributed by atoms with Gasteiger partial charge < -0.3 is 10.4 Å². The summed E-state index contributed by atoms with van der Waals surface area (Å²) in [4.78, 5) is 8.89. The number of hydrogen-bond acceptors (Lipinski definition) is 4. The number of pyridine rings is 2. The molecule has 1 saturated carbocycles. The van der Waals surface area contributed by atoms with Crippen molar-refractivity contribution in [2.24, 2.45) is 0 Å². The van der Waals surface area contributed by atoms with Gasteiger partial charge in [0.05, 0.1) is 29.2 Å². The molecule has 3 aromatic rings. The number of anilines is 1. The molecule has 0 amide bonds. The number of aromatic nitrogens is 3. The number of imidazole rings is 1. The number of alkyl halides is 2. The van der Waals surface area contributed by atoms with Crippen LogP contribution in [0.3, 0.4) is 0 Å². The van der Waals surface area contributed by atoms with Gasteiger partial charge in [0.2, 0.25) is 0 Å². The molecule has 0 aliphatic heterocycles. The Morgan fingerprint density at radius 2 is 2.07 bits per heavy atom. The van der Waals surface area contributed by atoms with Crippen LogP contribution in [0.5, 0.6) is 0 Å². The largest absolute Gasteiger partial charge is 0.386 e. The lowest BCUT2D eigenvalue weighted by Gasteiger charge is -2.21. The fourth-order valence-corrected chi connectivity index (χ4v) is 3.47. The van der Waals surface area contributed by atoms with Crippen LogP contribution in [0.1, 0.15) is 38.7 Å². The van der Waals surface area contributed by atoms with Gasteiger partial charge in [-0.3, -0.25) is 4.40 Å². The molecule has 142 valence electrons. The number of nitrogens with zero attached hydrogens (tertiary/aromatic N) is 3. The maximum Gasteiger partial charge on any atom is 0.267 e. The second-order valence-corrected chi connectivity index (χ2v) is 7.61. The van der Waals surface area contributed by atoms with E-state index in [1.54, 1.807) is 32.2 Å². The maximum atomic E-state index is 13.9. The minimum Gasteiger partial charge on any atom is -0.386 e. The van der Waals surface area contributed by atoms with E-state index in [0.717, 1.165) is 16.9 Å². The third-order valence-electron chi connectivity index (χ3n) is 5.06. The average Bonchev–Trinajstić information content (AvgIpc) is 3.17. The highest BCUT2D eigenvalue weighted by Gasteiger charge is 2.43. The van der Waals surface area contributed by atoms with E-state index in [0.29, 0.717) is 24.4 Å². The monoisotopic (exact) mass is 372 g/mol. The molecule has 4 rings (SSSR count). The number of hydrogen-bond donors (Lipinski definition) is 2. The zero-order chi connectivity index (χ0) is 19.2. The van der Waals surface area contributed by atoms with Crippen LogP contribution in [-0.4, -0.2) is 31.4 Å². The number of aliphatic hydroxyl groups is 1. The molecule has 0 spiro atoms. The van der Waals surface area contributed by atoms with Crippen LogP contribution in [0.25, 0.3) is 17.0 Å². The van der Waals surface area contributed by atoms with Gasteiger partial charge >= 0.3 is 0 Å². The summed E-state index contributed by atoms with van der Waals surface area (Å²) < 4.78 is 29.7. The van der Waals surface area contributed by atoms with Crippen molar-refractivity contribution < 1.29 is 13.9 Å². The molecule has 0 saturated heterocycles. The fraction of sp³-hybridized carbons (Fsp3) is 0.400. The molecule has 0 aromatic carbocycles. The van der Waals surface area contributed by atoms with Gasteiger partial charge in [0.15, 0.2) is 0 Å². The summed E-state index contributed by atoms with van der Waals surface area (Å²) in [5, 5.41) is 13.2. The van der Waals surface area contributed by atoms with Gasteiger partial charge in [-0.1, -0.05) is 12.1 Å². The first-order chi connectivity index (χ1) is 12.7.